The number of ether oxygens (including phenoxy) is 1. The lowest BCUT2D eigenvalue weighted by Crippen LogP contribution is -2.46. The highest BCUT2D eigenvalue weighted by Crippen LogP contribution is 2.42. The summed E-state index contributed by atoms with van der Waals surface area (Å²) in [6.07, 6.45) is 8.54. The number of nitrogens with zero attached hydrogens (tertiary/aromatic N) is 1. The molecule has 2 aliphatic heterocycles. The van der Waals surface area contributed by atoms with Gasteiger partial charge in [0.1, 0.15) is 6.10 Å². The second-order valence-electron chi connectivity index (χ2n) is 9.64. The third kappa shape index (κ3) is 5.13. The van der Waals surface area contributed by atoms with E-state index >= 15 is 0 Å². The number of piperidine rings is 1. The Bertz CT molecular complexity index is 1040. The molecule has 2 aliphatic rings. The lowest BCUT2D eigenvalue weighted by Gasteiger charge is -2.41. The maximum absolute atomic E-state index is 6.88. The molecule has 0 N–H and O–H groups in total. The quantitative estimate of drug-likeness (QED) is 0.338. The fraction of sp³-hybridized carbons (Fsp3) is 0.400. The standard InChI is InChI=1S/C30H34ClNO/c1-2-3-9-22-10-7-15-26(18-22)32-27-16-17-28(32)21-29(20-27)33-30(23-11-5-4-6-12-23)24-13-8-14-25(31)19-24/h4-8,10-15,18-19,27-30H,2-3,9,16-17,20-21H2,1H3/t27-,28+,29?,30?. The number of unbranched alkanes of at least 4 members (excludes halogenated alkanes) is 1. The minimum absolute atomic E-state index is 0.0850. The van der Waals surface area contributed by atoms with Gasteiger partial charge >= 0.3 is 0 Å². The smallest absolute Gasteiger partial charge is 0.108 e. The van der Waals surface area contributed by atoms with Gasteiger partial charge in [0.15, 0.2) is 0 Å². The molecule has 0 aliphatic carbocycles. The van der Waals surface area contributed by atoms with Gasteiger partial charge in [0.05, 0.1) is 6.10 Å². The van der Waals surface area contributed by atoms with Gasteiger partial charge in [0, 0.05) is 22.8 Å². The summed E-state index contributed by atoms with van der Waals surface area (Å²) in [6.45, 7) is 2.26. The molecule has 0 aromatic heterocycles. The van der Waals surface area contributed by atoms with Crippen LogP contribution < -0.4 is 4.90 Å². The lowest BCUT2D eigenvalue weighted by molar-refractivity contribution is -0.0132. The van der Waals surface area contributed by atoms with Crippen LogP contribution in [0.1, 0.15) is 68.2 Å². The largest absolute Gasteiger partial charge is 0.365 e. The number of fused-ring (bicyclic) bond motifs is 2. The minimum atomic E-state index is -0.0850. The van der Waals surface area contributed by atoms with Crippen LogP contribution in [0.5, 0.6) is 0 Å². The van der Waals surface area contributed by atoms with E-state index in [1.807, 2.05) is 18.2 Å². The van der Waals surface area contributed by atoms with Gasteiger partial charge in [-0.3, -0.25) is 0 Å². The van der Waals surface area contributed by atoms with Crippen molar-refractivity contribution in [3.8, 4) is 0 Å². The van der Waals surface area contributed by atoms with Gasteiger partial charge in [-0.15, -0.1) is 0 Å². The molecule has 2 saturated heterocycles. The van der Waals surface area contributed by atoms with E-state index in [0.29, 0.717) is 12.1 Å². The van der Waals surface area contributed by atoms with Crippen LogP contribution in [0.25, 0.3) is 0 Å². The molecule has 172 valence electrons. The highest BCUT2D eigenvalue weighted by molar-refractivity contribution is 6.30. The first kappa shape index (κ1) is 22.5. The zero-order valence-corrected chi connectivity index (χ0v) is 20.3. The molecule has 2 bridgehead atoms. The Morgan fingerprint density at radius 1 is 0.879 bits per heavy atom. The first-order valence-corrected chi connectivity index (χ1v) is 12.9. The van der Waals surface area contributed by atoms with E-state index in [9.17, 15) is 0 Å². The SMILES string of the molecule is CCCCc1cccc(N2[C@@H]3CC[C@H]2CC(OC(c2ccccc2)c2cccc(Cl)c2)C3)c1. The Morgan fingerprint density at radius 2 is 1.61 bits per heavy atom. The summed E-state index contributed by atoms with van der Waals surface area (Å²) in [6, 6.07) is 29.1. The highest BCUT2D eigenvalue weighted by Gasteiger charge is 2.42. The molecule has 0 saturated carbocycles. The number of rotatable bonds is 8. The summed E-state index contributed by atoms with van der Waals surface area (Å²) in [4.78, 5) is 2.70. The summed E-state index contributed by atoms with van der Waals surface area (Å²) in [5, 5.41) is 0.759. The molecule has 2 fully saturated rings. The van der Waals surface area contributed by atoms with Crippen molar-refractivity contribution in [1.29, 1.82) is 0 Å². The molecular formula is C30H34ClNO. The van der Waals surface area contributed by atoms with E-state index < -0.39 is 0 Å². The maximum Gasteiger partial charge on any atom is 0.108 e. The number of anilines is 1. The molecular weight excluding hydrogens is 426 g/mol. The fourth-order valence-electron chi connectivity index (χ4n) is 5.75. The fourth-order valence-corrected chi connectivity index (χ4v) is 5.95. The summed E-state index contributed by atoms with van der Waals surface area (Å²) < 4.78 is 6.88. The predicted molar refractivity (Wildman–Crippen MR) is 138 cm³/mol. The second-order valence-corrected chi connectivity index (χ2v) is 10.1. The van der Waals surface area contributed by atoms with E-state index in [0.717, 1.165) is 23.4 Å². The van der Waals surface area contributed by atoms with Crippen LogP contribution >= 0.6 is 11.6 Å². The van der Waals surface area contributed by atoms with Crippen LogP contribution in [0.2, 0.25) is 5.02 Å². The van der Waals surface area contributed by atoms with Gasteiger partial charge in [-0.05, 0) is 79.5 Å². The number of benzene rings is 3. The van der Waals surface area contributed by atoms with Gasteiger partial charge < -0.3 is 9.64 Å². The van der Waals surface area contributed by atoms with Crippen molar-refractivity contribution < 1.29 is 4.74 Å². The van der Waals surface area contributed by atoms with E-state index in [1.54, 1.807) is 0 Å². The first-order valence-electron chi connectivity index (χ1n) is 12.5. The van der Waals surface area contributed by atoms with Gasteiger partial charge in [0.25, 0.3) is 0 Å². The number of hydrogen-bond acceptors (Lipinski definition) is 2. The van der Waals surface area contributed by atoms with Gasteiger partial charge in [0.2, 0.25) is 0 Å². The van der Waals surface area contributed by atoms with Crippen molar-refractivity contribution in [2.75, 3.05) is 4.90 Å². The minimum Gasteiger partial charge on any atom is -0.365 e. The normalized spacial score (nSPS) is 23.0. The van der Waals surface area contributed by atoms with E-state index in [2.05, 4.69) is 72.5 Å². The summed E-state index contributed by atoms with van der Waals surface area (Å²) >= 11 is 6.34. The molecule has 33 heavy (non-hydrogen) atoms. The van der Waals surface area contributed by atoms with Crippen LogP contribution in [0, 0.1) is 0 Å². The Kier molecular flexibility index (Phi) is 7.04. The van der Waals surface area contributed by atoms with E-state index in [4.69, 9.17) is 16.3 Å². The van der Waals surface area contributed by atoms with Crippen molar-refractivity contribution in [3.05, 3.63) is 101 Å². The van der Waals surface area contributed by atoms with Crippen LogP contribution in [0.4, 0.5) is 5.69 Å². The Hall–Kier alpha value is -2.29. The molecule has 3 aromatic rings. The van der Waals surface area contributed by atoms with Crippen molar-refractivity contribution in [2.45, 2.75) is 76.2 Å². The third-order valence-corrected chi connectivity index (χ3v) is 7.53. The van der Waals surface area contributed by atoms with Crippen molar-refractivity contribution >= 4 is 17.3 Å². The molecule has 3 heteroatoms. The predicted octanol–water partition coefficient (Wildman–Crippen LogP) is 7.99. The van der Waals surface area contributed by atoms with Crippen molar-refractivity contribution in [3.63, 3.8) is 0 Å². The summed E-state index contributed by atoms with van der Waals surface area (Å²) in [5.41, 5.74) is 5.20. The molecule has 0 radical (unpaired) electrons. The van der Waals surface area contributed by atoms with E-state index in [1.165, 1.54) is 48.9 Å². The highest BCUT2D eigenvalue weighted by atomic mass is 35.5. The molecule has 3 aromatic carbocycles. The Labute approximate surface area is 203 Å². The number of hydrogen-bond donors (Lipinski definition) is 0. The molecule has 5 rings (SSSR count). The van der Waals surface area contributed by atoms with Crippen LogP contribution in [0.15, 0.2) is 78.9 Å². The topological polar surface area (TPSA) is 12.5 Å². The monoisotopic (exact) mass is 459 g/mol. The van der Waals surface area contributed by atoms with Crippen LogP contribution in [-0.4, -0.2) is 18.2 Å². The first-order chi connectivity index (χ1) is 16.2. The lowest BCUT2D eigenvalue weighted by atomic mass is 9.96. The molecule has 0 spiro atoms. The van der Waals surface area contributed by atoms with Gasteiger partial charge in [-0.25, -0.2) is 0 Å². The average Bonchev–Trinajstić information content (AvgIpc) is 3.12. The maximum atomic E-state index is 6.88. The number of aryl methyl sites for hydroxylation is 1. The van der Waals surface area contributed by atoms with Gasteiger partial charge in [-0.2, -0.15) is 0 Å². The third-order valence-electron chi connectivity index (χ3n) is 7.30. The van der Waals surface area contributed by atoms with Crippen molar-refractivity contribution in [2.24, 2.45) is 0 Å². The van der Waals surface area contributed by atoms with Crippen LogP contribution in [0.3, 0.4) is 0 Å². The molecule has 2 nitrogen and oxygen atoms in total. The van der Waals surface area contributed by atoms with Gasteiger partial charge in [-0.1, -0.05) is 79.5 Å². The second kappa shape index (κ2) is 10.3. The average molecular weight is 460 g/mol. The molecule has 0 amide bonds. The van der Waals surface area contributed by atoms with E-state index in [-0.39, 0.29) is 12.2 Å². The summed E-state index contributed by atoms with van der Waals surface area (Å²) in [5.74, 6) is 0. The molecule has 2 unspecified atom stereocenters. The summed E-state index contributed by atoms with van der Waals surface area (Å²) in [7, 11) is 0. The molecule has 4 atom stereocenters. The Morgan fingerprint density at radius 3 is 2.33 bits per heavy atom. The zero-order valence-electron chi connectivity index (χ0n) is 19.5. The van der Waals surface area contributed by atoms with Crippen molar-refractivity contribution in [1.82, 2.24) is 0 Å². The number of halogens is 1. The van der Waals surface area contributed by atoms with Crippen LogP contribution in [-0.2, 0) is 11.2 Å². The molecule has 2 heterocycles. The zero-order chi connectivity index (χ0) is 22.6. The Balaban J connectivity index is 1.34.